The van der Waals surface area contributed by atoms with Crippen molar-refractivity contribution in [2.24, 2.45) is 0 Å². The molecule has 0 bridgehead atoms. The fourth-order valence-corrected chi connectivity index (χ4v) is 3.46. The average molecular weight is 339 g/mol. The number of hydrogen-bond donors (Lipinski definition) is 3. The van der Waals surface area contributed by atoms with Crippen LogP contribution in [0.3, 0.4) is 0 Å². The van der Waals surface area contributed by atoms with Crippen LogP contribution < -0.4 is 5.73 Å². The maximum absolute atomic E-state index is 10.2. The van der Waals surface area contributed by atoms with Gasteiger partial charge in [-0.1, -0.05) is 25.1 Å². The van der Waals surface area contributed by atoms with Crippen LogP contribution in [0.4, 0.5) is 5.82 Å². The van der Waals surface area contributed by atoms with Crippen LogP contribution in [0.2, 0.25) is 0 Å². The molecule has 0 radical (unpaired) electrons. The van der Waals surface area contributed by atoms with Crippen molar-refractivity contribution in [1.29, 1.82) is 0 Å². The first-order valence-electron chi connectivity index (χ1n) is 7.67. The van der Waals surface area contributed by atoms with E-state index in [0.717, 1.165) is 18.6 Å². The predicted octanol–water partition coefficient (Wildman–Crippen LogP) is 0.940. The van der Waals surface area contributed by atoms with Crippen LogP contribution >= 0.6 is 11.8 Å². The first kappa shape index (κ1) is 16.4. The summed E-state index contributed by atoms with van der Waals surface area (Å²) in [6, 6.07) is 0. The third kappa shape index (κ3) is 3.01. The van der Waals surface area contributed by atoms with E-state index in [1.807, 2.05) is 0 Å². The number of aliphatic hydroxyl groups excluding tert-OH is 2. The highest BCUT2D eigenvalue weighted by Gasteiger charge is 2.42. The average Bonchev–Trinajstić information content (AvgIpc) is 3.05. The van der Waals surface area contributed by atoms with Crippen molar-refractivity contribution in [3.05, 3.63) is 6.33 Å². The molecule has 4 atom stereocenters. The Labute approximate surface area is 138 Å². The number of nitrogens with zero attached hydrogens (tertiary/aromatic N) is 4. The normalized spacial score (nSPS) is 27.8. The van der Waals surface area contributed by atoms with Gasteiger partial charge in [-0.25, -0.2) is 15.0 Å². The molecule has 3 heterocycles. The molecule has 8 nitrogen and oxygen atoms in total. The quantitative estimate of drug-likeness (QED) is 0.418. The summed E-state index contributed by atoms with van der Waals surface area (Å²) in [5.74, 6) is 1.21. The van der Waals surface area contributed by atoms with Gasteiger partial charge in [-0.05, 0) is 13.3 Å². The zero-order valence-electron chi connectivity index (χ0n) is 13.1. The molecule has 4 N–H and O–H groups in total. The maximum Gasteiger partial charge on any atom is 0.191 e. The first-order chi connectivity index (χ1) is 11.0. The van der Waals surface area contributed by atoms with E-state index in [-0.39, 0.29) is 0 Å². The van der Waals surface area contributed by atoms with Crippen LogP contribution in [0.25, 0.3) is 11.2 Å². The Hall–Kier alpha value is -1.42. The molecule has 9 heteroatoms. The Morgan fingerprint density at radius 1 is 1.35 bits per heavy atom. The lowest BCUT2D eigenvalue weighted by Crippen LogP contribution is -2.30. The molecule has 0 amide bonds. The molecule has 126 valence electrons. The second-order valence-electron chi connectivity index (χ2n) is 5.63. The van der Waals surface area contributed by atoms with E-state index in [4.69, 9.17) is 10.5 Å². The molecule has 2 aromatic heterocycles. The van der Waals surface area contributed by atoms with Gasteiger partial charge < -0.3 is 20.7 Å². The van der Waals surface area contributed by atoms with Crippen molar-refractivity contribution in [1.82, 2.24) is 19.5 Å². The highest BCUT2D eigenvalue weighted by atomic mass is 32.2. The standard InChI is InChI=1S/C14H21N5O3S/c1-3-4-5-23-14-17-11(15)8-12(18-14)19(6-16-8)13-10(21)9(20)7(2)22-13/h6-7,9-10,13,20-21H,3-5H2,1-2H3,(H2,15,17,18)/t7-,9-,10-,13-/m1/s1. The lowest BCUT2D eigenvalue weighted by atomic mass is 10.1. The molecule has 1 aliphatic heterocycles. The van der Waals surface area contributed by atoms with Gasteiger partial charge in [0.15, 0.2) is 22.8 Å². The first-order valence-corrected chi connectivity index (χ1v) is 8.66. The van der Waals surface area contributed by atoms with Crippen molar-refractivity contribution in [3.8, 4) is 0 Å². The zero-order valence-corrected chi connectivity index (χ0v) is 13.9. The third-order valence-corrected chi connectivity index (χ3v) is 4.84. The number of rotatable bonds is 5. The second kappa shape index (κ2) is 6.60. The predicted molar refractivity (Wildman–Crippen MR) is 87.0 cm³/mol. The van der Waals surface area contributed by atoms with E-state index in [2.05, 4.69) is 21.9 Å². The van der Waals surface area contributed by atoms with Gasteiger partial charge in [-0.3, -0.25) is 4.57 Å². The summed E-state index contributed by atoms with van der Waals surface area (Å²) in [6.07, 6.45) is 0.469. The van der Waals surface area contributed by atoms with Crippen molar-refractivity contribution in [2.45, 2.75) is 56.4 Å². The van der Waals surface area contributed by atoms with Crippen LogP contribution in [0.15, 0.2) is 11.5 Å². The number of imidazole rings is 1. The summed E-state index contributed by atoms with van der Waals surface area (Å²) in [5.41, 5.74) is 6.94. The van der Waals surface area contributed by atoms with E-state index < -0.39 is 24.5 Å². The van der Waals surface area contributed by atoms with Crippen LogP contribution in [0.5, 0.6) is 0 Å². The van der Waals surface area contributed by atoms with Crippen molar-refractivity contribution in [3.63, 3.8) is 0 Å². The van der Waals surface area contributed by atoms with Crippen molar-refractivity contribution in [2.75, 3.05) is 11.5 Å². The van der Waals surface area contributed by atoms with Crippen molar-refractivity contribution >= 4 is 28.7 Å². The van der Waals surface area contributed by atoms with Gasteiger partial charge in [0.25, 0.3) is 0 Å². The summed E-state index contributed by atoms with van der Waals surface area (Å²) in [4.78, 5) is 13.0. The molecule has 23 heavy (non-hydrogen) atoms. The fraction of sp³-hybridized carbons (Fsp3) is 0.643. The minimum atomic E-state index is -1.05. The number of aliphatic hydroxyl groups is 2. The number of unbranched alkanes of at least 4 members (excludes halogenated alkanes) is 1. The molecule has 0 saturated carbocycles. The van der Waals surface area contributed by atoms with E-state index >= 15 is 0 Å². The number of fused-ring (bicyclic) bond motifs is 1. The fourth-order valence-electron chi connectivity index (χ4n) is 2.53. The lowest BCUT2D eigenvalue weighted by Gasteiger charge is -2.16. The highest BCUT2D eigenvalue weighted by molar-refractivity contribution is 7.99. The molecular formula is C14H21N5O3S. The zero-order chi connectivity index (χ0) is 16.6. The van der Waals surface area contributed by atoms with Gasteiger partial charge in [0.05, 0.1) is 12.4 Å². The number of ether oxygens (including phenoxy) is 1. The van der Waals surface area contributed by atoms with E-state index in [0.29, 0.717) is 22.1 Å². The number of anilines is 1. The SMILES string of the molecule is CCCCSc1nc(N)c2ncn([C@@H]3O[C@H](C)[C@@H](O)[C@H]3O)c2n1. The van der Waals surface area contributed by atoms with E-state index in [1.165, 1.54) is 18.1 Å². The smallest absolute Gasteiger partial charge is 0.191 e. The second-order valence-corrected chi connectivity index (χ2v) is 6.69. The Bertz CT molecular complexity index is 694. The molecule has 1 aliphatic rings. The summed E-state index contributed by atoms with van der Waals surface area (Å²) < 4.78 is 7.24. The number of hydrogen-bond acceptors (Lipinski definition) is 8. The number of aromatic nitrogens is 4. The van der Waals surface area contributed by atoms with Crippen LogP contribution in [-0.4, -0.2) is 53.8 Å². The van der Waals surface area contributed by atoms with Gasteiger partial charge in [-0.15, -0.1) is 0 Å². The summed E-state index contributed by atoms with van der Waals surface area (Å²) in [7, 11) is 0. The maximum atomic E-state index is 10.2. The molecule has 2 aromatic rings. The highest BCUT2D eigenvalue weighted by Crippen LogP contribution is 2.32. The van der Waals surface area contributed by atoms with Gasteiger partial charge in [0.2, 0.25) is 0 Å². The number of thioether (sulfide) groups is 1. The van der Waals surface area contributed by atoms with Gasteiger partial charge in [0, 0.05) is 5.75 Å². The van der Waals surface area contributed by atoms with E-state index in [1.54, 1.807) is 11.5 Å². The van der Waals surface area contributed by atoms with E-state index in [9.17, 15) is 10.2 Å². The Kier molecular flexibility index (Phi) is 4.72. The third-order valence-electron chi connectivity index (χ3n) is 3.91. The number of nitrogens with two attached hydrogens (primary N) is 1. The minimum absolute atomic E-state index is 0.300. The number of nitrogen functional groups attached to an aromatic ring is 1. The minimum Gasteiger partial charge on any atom is -0.388 e. The molecular weight excluding hydrogens is 318 g/mol. The van der Waals surface area contributed by atoms with Crippen LogP contribution in [0.1, 0.15) is 32.9 Å². The van der Waals surface area contributed by atoms with Crippen LogP contribution in [0, 0.1) is 0 Å². The topological polar surface area (TPSA) is 119 Å². The molecule has 0 spiro atoms. The van der Waals surface area contributed by atoms with Gasteiger partial charge >= 0.3 is 0 Å². The van der Waals surface area contributed by atoms with Crippen molar-refractivity contribution < 1.29 is 14.9 Å². The molecule has 0 aromatic carbocycles. The Morgan fingerprint density at radius 2 is 2.13 bits per heavy atom. The largest absolute Gasteiger partial charge is 0.388 e. The van der Waals surface area contributed by atoms with Gasteiger partial charge in [0.1, 0.15) is 17.7 Å². The van der Waals surface area contributed by atoms with Crippen LogP contribution in [-0.2, 0) is 4.74 Å². The Balaban J connectivity index is 1.95. The van der Waals surface area contributed by atoms with Gasteiger partial charge in [-0.2, -0.15) is 0 Å². The summed E-state index contributed by atoms with van der Waals surface area (Å²) >= 11 is 1.53. The molecule has 0 unspecified atom stereocenters. The molecule has 1 saturated heterocycles. The summed E-state index contributed by atoms with van der Waals surface area (Å²) in [6.45, 7) is 3.84. The summed E-state index contributed by atoms with van der Waals surface area (Å²) in [5, 5.41) is 20.6. The molecule has 1 fully saturated rings. The molecule has 0 aliphatic carbocycles. The lowest BCUT2D eigenvalue weighted by molar-refractivity contribution is -0.0300. The molecule has 3 rings (SSSR count). The monoisotopic (exact) mass is 339 g/mol. The Morgan fingerprint density at radius 3 is 2.78 bits per heavy atom.